The molecule has 7 nitrogen and oxygen atoms in total. The highest BCUT2D eigenvalue weighted by Crippen LogP contribution is 2.22. The van der Waals surface area contributed by atoms with Gasteiger partial charge >= 0.3 is 6.03 Å². The molecule has 1 saturated heterocycles. The van der Waals surface area contributed by atoms with E-state index >= 15 is 0 Å². The number of imide groups is 2. The minimum absolute atomic E-state index is 0.168. The van der Waals surface area contributed by atoms with Crippen molar-refractivity contribution < 1.29 is 23.5 Å². The van der Waals surface area contributed by atoms with E-state index < -0.39 is 23.7 Å². The molecule has 3 aromatic rings. The number of carbonyl (C=O) groups excluding carboxylic acids is 3. The molecule has 0 spiro atoms. The second-order valence-electron chi connectivity index (χ2n) is 7.58. The molecule has 33 heavy (non-hydrogen) atoms. The molecule has 0 bridgehead atoms. The van der Waals surface area contributed by atoms with Crippen molar-refractivity contribution in [2.45, 2.75) is 19.9 Å². The molecule has 0 atom stereocenters. The second kappa shape index (κ2) is 9.52. The van der Waals surface area contributed by atoms with Crippen molar-refractivity contribution in [2.75, 3.05) is 11.5 Å². The molecule has 1 aliphatic heterocycles. The molecule has 4 amide bonds. The normalized spacial score (nSPS) is 15.2. The number of anilines is 1. The number of barbiturate groups is 1. The van der Waals surface area contributed by atoms with E-state index in [0.717, 1.165) is 28.3 Å². The van der Waals surface area contributed by atoms with E-state index in [-0.39, 0.29) is 11.3 Å². The summed E-state index contributed by atoms with van der Waals surface area (Å²) in [7, 11) is 0. The zero-order valence-corrected chi connectivity index (χ0v) is 18.0. The summed E-state index contributed by atoms with van der Waals surface area (Å²) < 4.78 is 20.9. The van der Waals surface area contributed by atoms with Crippen molar-refractivity contribution in [3.63, 3.8) is 0 Å². The van der Waals surface area contributed by atoms with Crippen LogP contribution in [-0.2, 0) is 16.1 Å². The molecule has 0 unspecified atom stereocenters. The first kappa shape index (κ1) is 22.0. The Morgan fingerprint density at radius 2 is 1.73 bits per heavy atom. The van der Waals surface area contributed by atoms with Gasteiger partial charge in [0.2, 0.25) is 0 Å². The first-order chi connectivity index (χ1) is 15.9. The molecule has 1 aromatic heterocycles. The Morgan fingerprint density at radius 1 is 1.00 bits per heavy atom. The summed E-state index contributed by atoms with van der Waals surface area (Å²) in [6, 6.07) is 15.4. The predicted molar refractivity (Wildman–Crippen MR) is 121 cm³/mol. The monoisotopic (exact) mass is 447 g/mol. The Bertz CT molecular complexity index is 1210. The van der Waals surface area contributed by atoms with Gasteiger partial charge in [0.1, 0.15) is 17.1 Å². The van der Waals surface area contributed by atoms with Crippen LogP contribution in [0.15, 0.2) is 72.4 Å². The number of rotatable bonds is 7. The zero-order valence-electron chi connectivity index (χ0n) is 18.0. The number of hydrogen-bond acceptors (Lipinski definition) is 4. The summed E-state index contributed by atoms with van der Waals surface area (Å²) >= 11 is 0. The summed E-state index contributed by atoms with van der Waals surface area (Å²) in [4.78, 5) is 38.4. The zero-order chi connectivity index (χ0) is 23.4. The lowest BCUT2D eigenvalue weighted by Crippen LogP contribution is -2.54. The number of aryl methyl sites for hydroxylation is 2. The Morgan fingerprint density at radius 3 is 2.45 bits per heavy atom. The number of urea groups is 1. The number of carbonyl (C=O) groups is 3. The molecule has 8 heteroatoms. The fourth-order valence-corrected chi connectivity index (χ4v) is 3.45. The van der Waals surface area contributed by atoms with Crippen LogP contribution in [0.2, 0.25) is 0 Å². The molecule has 1 N–H and O–H groups in total. The minimum atomic E-state index is -0.877. The van der Waals surface area contributed by atoms with Gasteiger partial charge in [-0.1, -0.05) is 17.7 Å². The van der Waals surface area contributed by atoms with E-state index in [0.29, 0.717) is 25.3 Å². The Balaban J connectivity index is 1.46. The lowest BCUT2D eigenvalue weighted by atomic mass is 10.1. The van der Waals surface area contributed by atoms with Crippen molar-refractivity contribution in [2.24, 2.45) is 0 Å². The first-order valence-corrected chi connectivity index (χ1v) is 10.4. The molecular formula is C25H22FN3O4. The summed E-state index contributed by atoms with van der Waals surface area (Å²) in [6.45, 7) is 3.12. The van der Waals surface area contributed by atoms with E-state index in [9.17, 15) is 18.8 Å². The SMILES string of the molecule is Cc1ccc(OCCCn2cccc2C=C2C(=O)NC(=O)N(c3ccc(F)cc3)C2=O)cc1. The van der Waals surface area contributed by atoms with Gasteiger partial charge in [-0.15, -0.1) is 0 Å². The molecule has 0 radical (unpaired) electrons. The van der Waals surface area contributed by atoms with Gasteiger partial charge in [-0.2, -0.15) is 0 Å². The predicted octanol–water partition coefficient (Wildman–Crippen LogP) is 4.07. The van der Waals surface area contributed by atoms with Crippen molar-refractivity contribution in [3.8, 4) is 5.75 Å². The number of halogens is 1. The fourth-order valence-electron chi connectivity index (χ4n) is 3.45. The standard InChI is InChI=1S/C25H22FN3O4/c1-17-5-11-21(12-6-17)33-15-3-14-28-13-2-4-20(28)16-22-23(30)27-25(32)29(24(22)31)19-9-7-18(26)8-10-19/h2,4-13,16H,3,14-15H2,1H3,(H,27,30,32). The van der Waals surface area contributed by atoms with Gasteiger partial charge in [-0.25, -0.2) is 14.1 Å². The number of nitrogens with one attached hydrogen (secondary N) is 1. The van der Waals surface area contributed by atoms with E-state index in [2.05, 4.69) is 5.32 Å². The first-order valence-electron chi connectivity index (χ1n) is 10.4. The topological polar surface area (TPSA) is 80.6 Å². The van der Waals surface area contributed by atoms with Gasteiger partial charge < -0.3 is 9.30 Å². The van der Waals surface area contributed by atoms with Gasteiger partial charge in [-0.3, -0.25) is 14.9 Å². The Kier molecular flexibility index (Phi) is 6.35. The molecule has 4 rings (SSSR count). The molecular weight excluding hydrogens is 425 g/mol. The minimum Gasteiger partial charge on any atom is -0.494 e. The molecule has 168 valence electrons. The maximum absolute atomic E-state index is 13.2. The molecule has 0 aliphatic carbocycles. The van der Waals surface area contributed by atoms with Crippen LogP contribution in [0.3, 0.4) is 0 Å². The Labute approximate surface area is 190 Å². The van der Waals surface area contributed by atoms with Crippen LogP contribution in [0, 0.1) is 12.7 Å². The van der Waals surface area contributed by atoms with Crippen LogP contribution in [0.1, 0.15) is 17.7 Å². The lowest BCUT2D eigenvalue weighted by Gasteiger charge is -2.26. The highest BCUT2D eigenvalue weighted by atomic mass is 19.1. The van der Waals surface area contributed by atoms with Gasteiger partial charge in [-0.05, 0) is 68.0 Å². The van der Waals surface area contributed by atoms with E-state index in [4.69, 9.17) is 4.74 Å². The van der Waals surface area contributed by atoms with Crippen LogP contribution in [0.5, 0.6) is 5.75 Å². The van der Waals surface area contributed by atoms with Crippen molar-refractivity contribution in [1.29, 1.82) is 0 Å². The quantitative estimate of drug-likeness (QED) is 0.336. The van der Waals surface area contributed by atoms with Crippen LogP contribution in [0.25, 0.3) is 6.08 Å². The van der Waals surface area contributed by atoms with Gasteiger partial charge in [0.05, 0.1) is 12.3 Å². The molecule has 2 aromatic carbocycles. The highest BCUT2D eigenvalue weighted by molar-refractivity contribution is 6.39. The van der Waals surface area contributed by atoms with E-state index in [1.54, 1.807) is 12.1 Å². The number of hydrogen-bond donors (Lipinski definition) is 1. The molecule has 1 fully saturated rings. The maximum Gasteiger partial charge on any atom is 0.335 e. The third kappa shape index (κ3) is 5.01. The van der Waals surface area contributed by atoms with Crippen molar-refractivity contribution >= 4 is 29.6 Å². The lowest BCUT2D eigenvalue weighted by molar-refractivity contribution is -0.122. The molecule has 2 heterocycles. The summed E-state index contributed by atoms with van der Waals surface area (Å²) in [6.07, 6.45) is 3.99. The van der Waals surface area contributed by atoms with Crippen LogP contribution < -0.4 is 15.0 Å². The largest absolute Gasteiger partial charge is 0.494 e. The van der Waals surface area contributed by atoms with Crippen molar-refractivity contribution in [3.05, 3.63) is 89.5 Å². The van der Waals surface area contributed by atoms with E-state index in [1.807, 2.05) is 42.0 Å². The van der Waals surface area contributed by atoms with E-state index in [1.165, 1.54) is 18.2 Å². The fraction of sp³-hybridized carbons (Fsp3) is 0.160. The number of amides is 4. The van der Waals surface area contributed by atoms with Crippen LogP contribution >= 0.6 is 0 Å². The maximum atomic E-state index is 13.2. The average Bonchev–Trinajstić information content (AvgIpc) is 3.23. The number of aromatic nitrogens is 1. The third-order valence-electron chi connectivity index (χ3n) is 5.18. The van der Waals surface area contributed by atoms with Crippen LogP contribution in [-0.4, -0.2) is 29.0 Å². The van der Waals surface area contributed by atoms with Crippen LogP contribution in [0.4, 0.5) is 14.9 Å². The third-order valence-corrected chi connectivity index (χ3v) is 5.18. The van der Waals surface area contributed by atoms with Gasteiger partial charge in [0.25, 0.3) is 11.8 Å². The second-order valence-corrected chi connectivity index (χ2v) is 7.58. The number of nitrogens with zero attached hydrogens (tertiary/aromatic N) is 2. The smallest absolute Gasteiger partial charge is 0.335 e. The molecule has 0 saturated carbocycles. The average molecular weight is 447 g/mol. The summed E-state index contributed by atoms with van der Waals surface area (Å²) in [5, 5.41) is 2.17. The van der Waals surface area contributed by atoms with Crippen molar-refractivity contribution in [1.82, 2.24) is 9.88 Å². The molecule has 1 aliphatic rings. The Hall–Kier alpha value is -4.20. The number of ether oxygens (including phenoxy) is 1. The van der Waals surface area contributed by atoms with Gasteiger partial charge in [0, 0.05) is 18.4 Å². The summed E-state index contributed by atoms with van der Waals surface area (Å²) in [5.41, 5.74) is 1.78. The highest BCUT2D eigenvalue weighted by Gasteiger charge is 2.36. The number of benzene rings is 2. The van der Waals surface area contributed by atoms with Gasteiger partial charge in [0.15, 0.2) is 0 Å². The summed E-state index contributed by atoms with van der Waals surface area (Å²) in [5.74, 6) is -1.25.